The number of fused-ring (bicyclic) bond motifs is 3. The number of amides is 2. The summed E-state index contributed by atoms with van der Waals surface area (Å²) in [5.41, 5.74) is 7.40. The average molecular weight is 503 g/mol. The second-order valence-electron chi connectivity index (χ2n) is 9.95. The van der Waals surface area contributed by atoms with E-state index in [4.69, 9.17) is 5.73 Å². The van der Waals surface area contributed by atoms with Crippen molar-refractivity contribution >= 4 is 29.1 Å². The van der Waals surface area contributed by atoms with Crippen LogP contribution in [0, 0.1) is 24.7 Å². The first kappa shape index (κ1) is 24.3. The quantitative estimate of drug-likeness (QED) is 0.316. The van der Waals surface area contributed by atoms with Crippen molar-refractivity contribution < 1.29 is 34.5 Å². The molecule has 0 saturated heterocycles. The second-order valence-corrected chi connectivity index (χ2v) is 9.95. The van der Waals surface area contributed by atoms with Crippen molar-refractivity contribution in [2.24, 2.45) is 23.5 Å². The van der Waals surface area contributed by atoms with Crippen molar-refractivity contribution in [3.8, 4) is 5.75 Å². The highest BCUT2D eigenvalue weighted by molar-refractivity contribution is 6.22. The smallest absolute Gasteiger partial charge is 0.255 e. The predicted octanol–water partition coefficient (Wildman–Crippen LogP) is 2.96. The zero-order valence-electron chi connectivity index (χ0n) is 20.1. The van der Waals surface area contributed by atoms with Gasteiger partial charge in [-0.2, -0.15) is 0 Å². The number of allylic oxidation sites excluding steroid dienone is 3. The van der Waals surface area contributed by atoms with Gasteiger partial charge in [0.2, 0.25) is 5.91 Å². The Kier molecular flexibility index (Phi) is 5.86. The molecule has 0 heterocycles. The normalized spacial score (nSPS) is 22.8. The molecule has 0 radical (unpaired) electrons. The SMILES string of the molecule is Cc1ccc(CC(=O)Nc2ccc(O)c3c2C[C@H]2C[C@H]4CC(O)=C(C(N)=O)C(=O)C4C(O)=C2C3=O)cc1. The highest BCUT2D eigenvalue weighted by Crippen LogP contribution is 2.50. The van der Waals surface area contributed by atoms with Crippen molar-refractivity contribution in [1.82, 2.24) is 0 Å². The summed E-state index contributed by atoms with van der Waals surface area (Å²) in [5, 5.41) is 34.7. The third-order valence-electron chi connectivity index (χ3n) is 7.53. The number of anilines is 1. The van der Waals surface area contributed by atoms with E-state index >= 15 is 0 Å². The van der Waals surface area contributed by atoms with Crippen LogP contribution in [0.5, 0.6) is 5.75 Å². The van der Waals surface area contributed by atoms with E-state index in [1.165, 1.54) is 12.1 Å². The Hall–Kier alpha value is -4.40. The van der Waals surface area contributed by atoms with Crippen LogP contribution in [0.4, 0.5) is 5.69 Å². The van der Waals surface area contributed by atoms with E-state index in [0.717, 1.165) is 11.1 Å². The van der Waals surface area contributed by atoms with Crippen molar-refractivity contribution in [3.05, 3.63) is 81.3 Å². The predicted molar refractivity (Wildman–Crippen MR) is 133 cm³/mol. The molecule has 2 aromatic carbocycles. The zero-order valence-corrected chi connectivity index (χ0v) is 20.1. The number of ketones is 2. The summed E-state index contributed by atoms with van der Waals surface area (Å²) in [6.45, 7) is 1.95. The van der Waals surface area contributed by atoms with Crippen LogP contribution in [0.1, 0.15) is 39.9 Å². The molecule has 0 bridgehead atoms. The van der Waals surface area contributed by atoms with E-state index < -0.39 is 52.3 Å². The number of hydrogen-bond donors (Lipinski definition) is 5. The number of aryl methyl sites for hydroxylation is 1. The lowest BCUT2D eigenvalue weighted by molar-refractivity contribution is -0.126. The fraction of sp³-hybridized carbons (Fsp3) is 0.286. The highest BCUT2D eigenvalue weighted by Gasteiger charge is 2.50. The molecule has 3 aliphatic rings. The number of nitrogens with two attached hydrogens (primary N) is 1. The van der Waals surface area contributed by atoms with Crippen molar-refractivity contribution in [1.29, 1.82) is 0 Å². The monoisotopic (exact) mass is 502 g/mol. The third kappa shape index (κ3) is 4.06. The molecular weight excluding hydrogens is 476 g/mol. The number of carbonyl (C=O) groups is 4. The molecule has 0 saturated carbocycles. The Labute approximate surface area is 212 Å². The van der Waals surface area contributed by atoms with Gasteiger partial charge in [0, 0.05) is 17.7 Å². The highest BCUT2D eigenvalue weighted by atomic mass is 16.3. The lowest BCUT2D eigenvalue weighted by Gasteiger charge is -2.41. The number of aliphatic hydroxyl groups is 2. The molecule has 0 spiro atoms. The number of phenols is 1. The second kappa shape index (κ2) is 8.92. The van der Waals surface area contributed by atoms with Crippen molar-refractivity contribution in [3.63, 3.8) is 0 Å². The largest absolute Gasteiger partial charge is 0.511 e. The fourth-order valence-electron chi connectivity index (χ4n) is 5.84. The van der Waals surface area contributed by atoms with Crippen LogP contribution in [-0.2, 0) is 27.2 Å². The Bertz CT molecular complexity index is 1440. The van der Waals surface area contributed by atoms with Gasteiger partial charge < -0.3 is 26.4 Å². The average Bonchev–Trinajstić information content (AvgIpc) is 2.81. The molecule has 3 atom stereocenters. The van der Waals surface area contributed by atoms with Crippen LogP contribution in [0.25, 0.3) is 0 Å². The van der Waals surface area contributed by atoms with Gasteiger partial charge in [0.25, 0.3) is 5.91 Å². The van der Waals surface area contributed by atoms with E-state index in [2.05, 4.69) is 5.32 Å². The van der Waals surface area contributed by atoms with Crippen LogP contribution < -0.4 is 11.1 Å². The molecular formula is C28H26N2O7. The van der Waals surface area contributed by atoms with Gasteiger partial charge in [-0.05, 0) is 54.9 Å². The van der Waals surface area contributed by atoms with Gasteiger partial charge in [-0.1, -0.05) is 29.8 Å². The van der Waals surface area contributed by atoms with Gasteiger partial charge in [0.1, 0.15) is 22.8 Å². The van der Waals surface area contributed by atoms with Gasteiger partial charge in [0.05, 0.1) is 17.9 Å². The molecule has 5 rings (SSSR count). The van der Waals surface area contributed by atoms with Gasteiger partial charge in [-0.3, -0.25) is 19.2 Å². The summed E-state index contributed by atoms with van der Waals surface area (Å²) in [7, 11) is 0. The van der Waals surface area contributed by atoms with Crippen molar-refractivity contribution in [2.45, 2.75) is 32.6 Å². The maximum absolute atomic E-state index is 13.5. The summed E-state index contributed by atoms with van der Waals surface area (Å²) in [4.78, 5) is 51.0. The molecule has 2 aromatic rings. The third-order valence-corrected chi connectivity index (χ3v) is 7.53. The molecule has 37 heavy (non-hydrogen) atoms. The minimum atomic E-state index is -1.17. The Morgan fingerprint density at radius 1 is 1.03 bits per heavy atom. The summed E-state index contributed by atoms with van der Waals surface area (Å²) in [6.07, 6.45) is 0.589. The molecule has 6 N–H and O–H groups in total. The summed E-state index contributed by atoms with van der Waals surface area (Å²) < 4.78 is 0. The summed E-state index contributed by atoms with van der Waals surface area (Å²) in [5.74, 6) is -6.22. The van der Waals surface area contributed by atoms with E-state index in [9.17, 15) is 34.5 Å². The molecule has 0 aliphatic heterocycles. The number of primary amides is 1. The molecule has 3 aliphatic carbocycles. The minimum Gasteiger partial charge on any atom is -0.511 e. The van der Waals surface area contributed by atoms with Gasteiger partial charge >= 0.3 is 0 Å². The number of hydrogen-bond acceptors (Lipinski definition) is 7. The number of nitrogens with one attached hydrogen (secondary N) is 1. The van der Waals surface area contributed by atoms with Crippen LogP contribution in [0.3, 0.4) is 0 Å². The minimum absolute atomic E-state index is 0.00532. The molecule has 0 fully saturated rings. The van der Waals surface area contributed by atoms with Gasteiger partial charge in [-0.15, -0.1) is 0 Å². The van der Waals surface area contributed by atoms with E-state index in [1.807, 2.05) is 31.2 Å². The fourth-order valence-corrected chi connectivity index (χ4v) is 5.84. The Morgan fingerprint density at radius 2 is 1.73 bits per heavy atom. The standard InChI is InChI=1S/C28H26N2O7/c1-12-2-4-13(5-3-12)8-20(33)30-17-6-7-18(31)23-16(17)10-14-9-15-11-19(32)24(28(29)37)27(36)22(15)25(34)21(14)26(23)35/h2-7,14-15,22,31-32,34H,8-11H2,1H3,(H2,29,37)(H,30,33)/t14-,15+,22?/m1/s1. The number of carbonyl (C=O) groups excluding carboxylic acids is 4. The topological polar surface area (TPSA) is 167 Å². The molecule has 9 heteroatoms. The zero-order chi connectivity index (χ0) is 26.6. The maximum Gasteiger partial charge on any atom is 0.255 e. The number of aliphatic hydroxyl groups excluding tert-OH is 2. The number of phenolic OH excluding ortho intramolecular Hbond substituents is 1. The molecule has 1 unspecified atom stereocenters. The summed E-state index contributed by atoms with van der Waals surface area (Å²) >= 11 is 0. The lowest BCUT2D eigenvalue weighted by Crippen LogP contribution is -2.43. The van der Waals surface area contributed by atoms with E-state index in [1.54, 1.807) is 0 Å². The van der Waals surface area contributed by atoms with Crippen LogP contribution >= 0.6 is 0 Å². The van der Waals surface area contributed by atoms with Crippen LogP contribution in [-0.4, -0.2) is 38.7 Å². The van der Waals surface area contributed by atoms with E-state index in [0.29, 0.717) is 11.3 Å². The van der Waals surface area contributed by atoms with Crippen LogP contribution in [0.2, 0.25) is 0 Å². The number of rotatable bonds is 4. The first-order valence-electron chi connectivity index (χ1n) is 12.0. The molecule has 2 amide bonds. The Morgan fingerprint density at radius 3 is 2.41 bits per heavy atom. The summed E-state index contributed by atoms with van der Waals surface area (Å²) in [6, 6.07) is 10.4. The molecule has 190 valence electrons. The number of aromatic hydroxyl groups is 1. The van der Waals surface area contributed by atoms with Crippen molar-refractivity contribution in [2.75, 3.05) is 5.32 Å². The van der Waals surface area contributed by atoms with Gasteiger partial charge in [0.15, 0.2) is 11.6 Å². The number of benzene rings is 2. The van der Waals surface area contributed by atoms with E-state index in [-0.39, 0.29) is 48.5 Å². The molecule has 9 nitrogen and oxygen atoms in total. The molecule has 0 aromatic heterocycles. The van der Waals surface area contributed by atoms with Crippen LogP contribution in [0.15, 0.2) is 59.1 Å². The van der Waals surface area contributed by atoms with Gasteiger partial charge in [-0.25, -0.2) is 0 Å². The number of Topliss-reactive ketones (excluding diaryl/α,β-unsaturated/α-hetero) is 2. The Balaban J connectivity index is 1.49. The first-order chi connectivity index (χ1) is 17.6. The maximum atomic E-state index is 13.5. The lowest BCUT2D eigenvalue weighted by atomic mass is 9.62. The first-order valence-corrected chi connectivity index (χ1v) is 12.0.